The van der Waals surface area contributed by atoms with E-state index >= 15 is 0 Å². The Morgan fingerprint density at radius 3 is 2.54 bits per heavy atom. The first kappa shape index (κ1) is 9.50. The van der Waals surface area contributed by atoms with E-state index in [9.17, 15) is 18.0 Å². The van der Waals surface area contributed by atoms with Crippen LogP contribution in [0.3, 0.4) is 0 Å². The summed E-state index contributed by atoms with van der Waals surface area (Å²) in [5, 5.41) is 8.86. The molecule has 1 aromatic rings. The largest absolute Gasteiger partial charge is 0.506 e. The number of aromatic nitrogens is 1. The second-order valence-corrected chi connectivity index (χ2v) is 2.22. The van der Waals surface area contributed by atoms with Crippen LogP contribution in [0.25, 0.3) is 0 Å². The molecule has 0 aromatic carbocycles. The quantitative estimate of drug-likeness (QED) is 0.685. The van der Waals surface area contributed by atoms with Gasteiger partial charge in [0, 0.05) is 6.20 Å². The Hall–Kier alpha value is -1.59. The van der Waals surface area contributed by atoms with Gasteiger partial charge in [-0.05, 0) is 6.07 Å². The first-order valence-electron chi connectivity index (χ1n) is 3.17. The molecule has 0 saturated carbocycles. The molecule has 0 spiro atoms. The van der Waals surface area contributed by atoms with Gasteiger partial charge in [-0.15, -0.1) is 0 Å². The Morgan fingerprint density at radius 2 is 2.08 bits per heavy atom. The zero-order valence-electron chi connectivity index (χ0n) is 6.17. The number of hydrogen-bond donors (Lipinski definition) is 1. The summed E-state index contributed by atoms with van der Waals surface area (Å²) in [5.74, 6) is -2.85. The van der Waals surface area contributed by atoms with Gasteiger partial charge in [0.25, 0.3) is 5.78 Å². The van der Waals surface area contributed by atoms with Gasteiger partial charge in [0.2, 0.25) is 0 Å². The van der Waals surface area contributed by atoms with Crippen LogP contribution in [-0.4, -0.2) is 22.1 Å². The maximum atomic E-state index is 11.8. The minimum Gasteiger partial charge on any atom is -0.506 e. The summed E-state index contributed by atoms with van der Waals surface area (Å²) in [7, 11) is 0. The number of halogens is 3. The average Bonchev–Trinajstić information content (AvgIpc) is 2.02. The van der Waals surface area contributed by atoms with Crippen molar-refractivity contribution in [3.05, 3.63) is 24.0 Å². The van der Waals surface area contributed by atoms with Crippen molar-refractivity contribution in [1.82, 2.24) is 4.98 Å². The summed E-state index contributed by atoms with van der Waals surface area (Å²) in [5.41, 5.74) is -0.789. The number of ketones is 1. The van der Waals surface area contributed by atoms with Gasteiger partial charge in [-0.3, -0.25) is 9.78 Å². The third kappa shape index (κ3) is 1.95. The van der Waals surface area contributed by atoms with E-state index in [1.54, 1.807) is 0 Å². The fraction of sp³-hybridized carbons (Fsp3) is 0.143. The monoisotopic (exact) mass is 191 g/mol. The van der Waals surface area contributed by atoms with E-state index in [-0.39, 0.29) is 0 Å². The van der Waals surface area contributed by atoms with Crippen molar-refractivity contribution in [3.63, 3.8) is 0 Å². The fourth-order valence-electron chi connectivity index (χ4n) is 0.731. The van der Waals surface area contributed by atoms with Gasteiger partial charge in [-0.1, -0.05) is 0 Å². The standard InChI is InChI=1S/C7H4F3NO2/c8-7(9,10)6(13)4-1-2-11-3-5(4)12/h1-3,12H. The highest BCUT2D eigenvalue weighted by molar-refractivity contribution is 6.02. The minimum atomic E-state index is -4.97. The number of hydrogen-bond acceptors (Lipinski definition) is 3. The molecule has 0 aliphatic carbocycles. The number of alkyl halides is 3. The molecule has 70 valence electrons. The summed E-state index contributed by atoms with van der Waals surface area (Å²) < 4.78 is 35.5. The second kappa shape index (κ2) is 3.04. The Kier molecular flexibility index (Phi) is 2.22. The summed E-state index contributed by atoms with van der Waals surface area (Å²) in [6.45, 7) is 0. The van der Waals surface area contributed by atoms with Gasteiger partial charge in [-0.2, -0.15) is 13.2 Å². The van der Waals surface area contributed by atoms with E-state index in [1.165, 1.54) is 0 Å². The molecule has 0 unspecified atom stereocenters. The number of aromatic hydroxyl groups is 1. The molecule has 1 N–H and O–H groups in total. The van der Waals surface area contributed by atoms with Crippen LogP contribution in [0.2, 0.25) is 0 Å². The molecule has 6 heteroatoms. The van der Waals surface area contributed by atoms with Crippen LogP contribution < -0.4 is 0 Å². The van der Waals surface area contributed by atoms with Gasteiger partial charge in [0.1, 0.15) is 5.75 Å². The van der Waals surface area contributed by atoms with E-state index < -0.39 is 23.3 Å². The molecule has 0 saturated heterocycles. The van der Waals surface area contributed by atoms with Crippen LogP contribution in [0.5, 0.6) is 5.75 Å². The normalized spacial score (nSPS) is 11.3. The highest BCUT2D eigenvalue weighted by Gasteiger charge is 2.40. The summed E-state index contributed by atoms with van der Waals surface area (Å²) in [6, 6.07) is 0.811. The molecule has 0 fully saturated rings. The molecule has 1 heterocycles. The number of Topliss-reactive ketones (excluding diaryl/α,β-unsaturated/α-hetero) is 1. The summed E-state index contributed by atoms with van der Waals surface area (Å²) in [6.07, 6.45) is -3.20. The van der Waals surface area contributed by atoms with Crippen molar-refractivity contribution in [2.45, 2.75) is 6.18 Å². The SMILES string of the molecule is O=C(c1ccncc1O)C(F)(F)F. The van der Waals surface area contributed by atoms with Crippen LogP contribution in [0.1, 0.15) is 10.4 Å². The lowest BCUT2D eigenvalue weighted by atomic mass is 10.1. The molecule has 0 radical (unpaired) electrons. The van der Waals surface area contributed by atoms with Crippen molar-refractivity contribution >= 4 is 5.78 Å². The lowest BCUT2D eigenvalue weighted by Gasteiger charge is -2.05. The van der Waals surface area contributed by atoms with Crippen LogP contribution in [0, 0.1) is 0 Å². The zero-order valence-corrected chi connectivity index (χ0v) is 6.17. The Bertz CT molecular complexity index is 335. The lowest BCUT2D eigenvalue weighted by Crippen LogP contribution is -2.22. The Morgan fingerprint density at radius 1 is 1.46 bits per heavy atom. The van der Waals surface area contributed by atoms with Crippen molar-refractivity contribution in [2.24, 2.45) is 0 Å². The summed E-state index contributed by atoms with van der Waals surface area (Å²) >= 11 is 0. The predicted molar refractivity (Wildman–Crippen MR) is 36.3 cm³/mol. The Balaban J connectivity index is 3.10. The number of rotatable bonds is 1. The van der Waals surface area contributed by atoms with E-state index in [1.807, 2.05) is 0 Å². The number of nitrogens with zero attached hydrogens (tertiary/aromatic N) is 1. The fourth-order valence-corrected chi connectivity index (χ4v) is 0.731. The molecular weight excluding hydrogens is 187 g/mol. The van der Waals surface area contributed by atoms with Crippen molar-refractivity contribution in [1.29, 1.82) is 0 Å². The highest BCUT2D eigenvalue weighted by atomic mass is 19.4. The second-order valence-electron chi connectivity index (χ2n) is 2.22. The molecule has 1 aromatic heterocycles. The predicted octanol–water partition coefficient (Wildman–Crippen LogP) is 1.53. The molecule has 0 aliphatic rings. The third-order valence-corrected chi connectivity index (χ3v) is 1.30. The molecular formula is C7H4F3NO2. The smallest absolute Gasteiger partial charge is 0.455 e. The van der Waals surface area contributed by atoms with Gasteiger partial charge in [0.15, 0.2) is 0 Å². The molecule has 0 amide bonds. The Labute approximate surface area is 70.8 Å². The molecule has 0 aliphatic heterocycles. The average molecular weight is 191 g/mol. The van der Waals surface area contributed by atoms with Crippen LogP contribution in [0.4, 0.5) is 13.2 Å². The molecule has 0 bridgehead atoms. The molecule has 13 heavy (non-hydrogen) atoms. The van der Waals surface area contributed by atoms with Gasteiger partial charge in [-0.25, -0.2) is 0 Å². The number of carbonyl (C=O) groups excluding carboxylic acids is 1. The molecule has 1 rings (SSSR count). The van der Waals surface area contributed by atoms with Crippen LogP contribution in [-0.2, 0) is 0 Å². The van der Waals surface area contributed by atoms with E-state index in [0.29, 0.717) is 0 Å². The third-order valence-electron chi connectivity index (χ3n) is 1.30. The van der Waals surface area contributed by atoms with Crippen molar-refractivity contribution in [2.75, 3.05) is 0 Å². The van der Waals surface area contributed by atoms with Crippen molar-refractivity contribution in [3.8, 4) is 5.75 Å². The topological polar surface area (TPSA) is 50.2 Å². The zero-order chi connectivity index (χ0) is 10.1. The van der Waals surface area contributed by atoms with E-state index in [4.69, 9.17) is 5.11 Å². The maximum absolute atomic E-state index is 11.8. The van der Waals surface area contributed by atoms with Gasteiger partial charge in [0.05, 0.1) is 11.8 Å². The number of carbonyl (C=O) groups is 1. The first-order valence-corrected chi connectivity index (χ1v) is 3.17. The minimum absolute atomic E-state index is 0.773. The van der Waals surface area contributed by atoms with E-state index in [2.05, 4.69) is 4.98 Å². The van der Waals surface area contributed by atoms with Crippen LogP contribution >= 0.6 is 0 Å². The van der Waals surface area contributed by atoms with Crippen molar-refractivity contribution < 1.29 is 23.1 Å². The maximum Gasteiger partial charge on any atom is 0.455 e. The highest BCUT2D eigenvalue weighted by Crippen LogP contribution is 2.25. The number of pyridine rings is 1. The molecule has 0 atom stereocenters. The summed E-state index contributed by atoms with van der Waals surface area (Å²) in [4.78, 5) is 13.9. The van der Waals surface area contributed by atoms with Gasteiger partial charge < -0.3 is 5.11 Å². The first-order chi connectivity index (χ1) is 5.93. The van der Waals surface area contributed by atoms with E-state index in [0.717, 1.165) is 18.5 Å². The van der Waals surface area contributed by atoms with Crippen LogP contribution in [0.15, 0.2) is 18.5 Å². The van der Waals surface area contributed by atoms with Gasteiger partial charge >= 0.3 is 6.18 Å². The lowest BCUT2D eigenvalue weighted by molar-refractivity contribution is -0.0886. The molecule has 3 nitrogen and oxygen atoms in total.